The van der Waals surface area contributed by atoms with Gasteiger partial charge in [-0.1, -0.05) is 24.3 Å². The van der Waals surface area contributed by atoms with Gasteiger partial charge in [-0.15, -0.1) is 0 Å². The van der Waals surface area contributed by atoms with Gasteiger partial charge in [0.05, 0.1) is 23.7 Å². The number of benzene rings is 2. The third-order valence-electron chi connectivity index (χ3n) is 3.23. The summed E-state index contributed by atoms with van der Waals surface area (Å²) in [5.41, 5.74) is 3.43. The fraction of sp³-hybridized carbons (Fsp3) is 0.0667. The number of hydrazine groups is 1. The molecule has 0 saturated carbocycles. The largest absolute Gasteiger partial charge is 0.495 e. The van der Waals surface area contributed by atoms with Crippen LogP contribution in [0.15, 0.2) is 53.3 Å². The molecule has 0 atom stereocenters. The number of rotatable bonds is 3. The average Bonchev–Trinajstić information content (AvgIpc) is 2.54. The van der Waals surface area contributed by atoms with E-state index in [-0.39, 0.29) is 11.5 Å². The lowest BCUT2D eigenvalue weighted by molar-refractivity contribution is 0.412. The van der Waals surface area contributed by atoms with Gasteiger partial charge in [-0.3, -0.25) is 10.2 Å². The second-order valence-electron chi connectivity index (χ2n) is 4.41. The molecule has 6 nitrogen and oxygen atoms in total. The zero-order valence-corrected chi connectivity index (χ0v) is 11.4. The average molecular weight is 282 g/mol. The summed E-state index contributed by atoms with van der Waals surface area (Å²) in [6.45, 7) is 0. The van der Waals surface area contributed by atoms with Crippen molar-refractivity contribution >= 4 is 16.9 Å². The molecule has 106 valence electrons. The van der Waals surface area contributed by atoms with Gasteiger partial charge in [0.25, 0.3) is 5.56 Å². The standard InChI is InChI=1S/C15H14N4O2/c1-21-13-9-5-4-8-12(13)19-14(20)10-6-2-3-7-11(10)17-15(19)18-16/h2-9H,16H2,1H3,(H,17,18). The summed E-state index contributed by atoms with van der Waals surface area (Å²) in [6, 6.07) is 14.3. The second-order valence-corrected chi connectivity index (χ2v) is 4.41. The third kappa shape index (κ3) is 2.11. The molecule has 0 spiro atoms. The number of ether oxygens (including phenoxy) is 1. The van der Waals surface area contributed by atoms with Crippen molar-refractivity contribution < 1.29 is 4.74 Å². The Morgan fingerprint density at radius 3 is 2.62 bits per heavy atom. The quantitative estimate of drug-likeness (QED) is 0.564. The Labute approximate surface area is 120 Å². The molecule has 0 saturated heterocycles. The first-order valence-corrected chi connectivity index (χ1v) is 6.38. The normalized spacial score (nSPS) is 10.6. The first kappa shape index (κ1) is 13.1. The molecule has 6 heteroatoms. The number of nitrogens with two attached hydrogens (primary N) is 1. The smallest absolute Gasteiger partial charge is 0.267 e. The number of methoxy groups -OCH3 is 1. The van der Waals surface area contributed by atoms with E-state index in [1.165, 1.54) is 4.57 Å². The summed E-state index contributed by atoms with van der Waals surface area (Å²) in [7, 11) is 1.55. The summed E-state index contributed by atoms with van der Waals surface area (Å²) in [5, 5.41) is 0.516. The summed E-state index contributed by atoms with van der Waals surface area (Å²) in [4.78, 5) is 17.1. The van der Waals surface area contributed by atoms with Crippen molar-refractivity contribution in [1.29, 1.82) is 0 Å². The van der Waals surface area contributed by atoms with E-state index in [4.69, 9.17) is 10.6 Å². The molecule has 0 fully saturated rings. The van der Waals surface area contributed by atoms with Crippen molar-refractivity contribution in [3.05, 3.63) is 58.9 Å². The lowest BCUT2D eigenvalue weighted by Crippen LogP contribution is -2.26. The molecule has 0 aliphatic carbocycles. The SMILES string of the molecule is COc1ccccc1-n1c(NN)nc2ccccc2c1=O. The number of hydrogen-bond donors (Lipinski definition) is 2. The maximum absolute atomic E-state index is 12.7. The molecule has 1 heterocycles. The highest BCUT2D eigenvalue weighted by Gasteiger charge is 2.14. The van der Waals surface area contributed by atoms with Gasteiger partial charge < -0.3 is 4.74 Å². The van der Waals surface area contributed by atoms with Crippen molar-refractivity contribution in [2.75, 3.05) is 12.5 Å². The summed E-state index contributed by atoms with van der Waals surface area (Å²) in [6.07, 6.45) is 0. The van der Waals surface area contributed by atoms with Crippen LogP contribution in [0.2, 0.25) is 0 Å². The minimum absolute atomic E-state index is 0.210. The van der Waals surface area contributed by atoms with Gasteiger partial charge in [0.2, 0.25) is 5.95 Å². The fourth-order valence-corrected chi connectivity index (χ4v) is 2.27. The minimum Gasteiger partial charge on any atom is -0.495 e. The zero-order valence-electron chi connectivity index (χ0n) is 11.4. The summed E-state index contributed by atoms with van der Waals surface area (Å²) >= 11 is 0. The van der Waals surface area contributed by atoms with E-state index in [0.717, 1.165) is 0 Å². The highest BCUT2D eigenvalue weighted by molar-refractivity contribution is 5.79. The van der Waals surface area contributed by atoms with E-state index in [1.54, 1.807) is 37.4 Å². The van der Waals surface area contributed by atoms with Gasteiger partial charge in [0.15, 0.2) is 0 Å². The first-order chi connectivity index (χ1) is 10.3. The molecule has 2 aromatic carbocycles. The van der Waals surface area contributed by atoms with Crippen molar-refractivity contribution in [2.24, 2.45) is 5.84 Å². The maximum Gasteiger partial charge on any atom is 0.267 e. The molecule has 21 heavy (non-hydrogen) atoms. The lowest BCUT2D eigenvalue weighted by atomic mass is 10.2. The molecule has 0 bridgehead atoms. The Morgan fingerprint density at radius 1 is 1.14 bits per heavy atom. The topological polar surface area (TPSA) is 82.2 Å². The summed E-state index contributed by atoms with van der Waals surface area (Å²) in [5.74, 6) is 6.34. The molecule has 3 aromatic rings. The van der Waals surface area contributed by atoms with Crippen LogP contribution in [0.5, 0.6) is 5.75 Å². The zero-order chi connectivity index (χ0) is 14.8. The van der Waals surface area contributed by atoms with E-state index in [2.05, 4.69) is 10.4 Å². The highest BCUT2D eigenvalue weighted by Crippen LogP contribution is 2.24. The molecule has 0 amide bonds. The van der Waals surface area contributed by atoms with Crippen molar-refractivity contribution in [3.63, 3.8) is 0 Å². The molecule has 1 aromatic heterocycles. The first-order valence-electron chi connectivity index (χ1n) is 6.38. The number of fused-ring (bicyclic) bond motifs is 1. The van der Waals surface area contributed by atoms with Gasteiger partial charge in [0.1, 0.15) is 5.75 Å². The van der Waals surface area contributed by atoms with Crippen molar-refractivity contribution in [3.8, 4) is 11.4 Å². The Hall–Kier alpha value is -2.86. The van der Waals surface area contributed by atoms with Crippen LogP contribution < -0.4 is 21.6 Å². The van der Waals surface area contributed by atoms with Gasteiger partial charge in [-0.25, -0.2) is 15.4 Å². The maximum atomic E-state index is 12.7. The molecule has 0 aliphatic rings. The van der Waals surface area contributed by atoms with E-state index >= 15 is 0 Å². The predicted octanol–water partition coefficient (Wildman–Crippen LogP) is 1.68. The number of anilines is 1. The minimum atomic E-state index is -0.210. The Balaban J connectivity index is 2.41. The third-order valence-corrected chi connectivity index (χ3v) is 3.23. The molecular weight excluding hydrogens is 268 g/mol. The van der Waals surface area contributed by atoms with Crippen LogP contribution in [0.1, 0.15) is 0 Å². The van der Waals surface area contributed by atoms with Crippen LogP contribution in [0, 0.1) is 0 Å². The van der Waals surface area contributed by atoms with Gasteiger partial charge >= 0.3 is 0 Å². The van der Waals surface area contributed by atoms with Crippen LogP contribution >= 0.6 is 0 Å². The van der Waals surface area contributed by atoms with Crippen LogP contribution in [-0.2, 0) is 0 Å². The number of nitrogens with zero attached hydrogens (tertiary/aromatic N) is 2. The van der Waals surface area contributed by atoms with Crippen LogP contribution in [0.4, 0.5) is 5.95 Å². The van der Waals surface area contributed by atoms with E-state index in [0.29, 0.717) is 22.3 Å². The molecule has 3 N–H and O–H groups in total. The van der Waals surface area contributed by atoms with Crippen molar-refractivity contribution in [2.45, 2.75) is 0 Å². The fourth-order valence-electron chi connectivity index (χ4n) is 2.27. The van der Waals surface area contributed by atoms with Crippen LogP contribution in [0.3, 0.4) is 0 Å². The van der Waals surface area contributed by atoms with Gasteiger partial charge in [0, 0.05) is 0 Å². The summed E-state index contributed by atoms with van der Waals surface area (Å²) < 4.78 is 6.71. The molecule has 0 unspecified atom stereocenters. The monoisotopic (exact) mass is 282 g/mol. The van der Waals surface area contributed by atoms with Crippen molar-refractivity contribution in [1.82, 2.24) is 9.55 Å². The molecular formula is C15H14N4O2. The number of nitrogen functional groups attached to an aromatic ring is 1. The predicted molar refractivity (Wildman–Crippen MR) is 81.7 cm³/mol. The number of nitrogens with one attached hydrogen (secondary N) is 1. The van der Waals surface area contributed by atoms with Crippen LogP contribution in [0.25, 0.3) is 16.6 Å². The number of aromatic nitrogens is 2. The Kier molecular flexibility index (Phi) is 3.29. The Morgan fingerprint density at radius 2 is 1.86 bits per heavy atom. The van der Waals surface area contributed by atoms with Gasteiger partial charge in [-0.2, -0.15) is 0 Å². The van der Waals surface area contributed by atoms with E-state index in [1.807, 2.05) is 18.2 Å². The second kappa shape index (κ2) is 5.26. The van der Waals surface area contributed by atoms with E-state index < -0.39 is 0 Å². The van der Waals surface area contributed by atoms with E-state index in [9.17, 15) is 4.79 Å². The molecule has 0 aliphatic heterocycles. The lowest BCUT2D eigenvalue weighted by Gasteiger charge is -2.15. The Bertz CT molecular complexity index is 858. The molecule has 0 radical (unpaired) electrons. The molecule has 3 rings (SSSR count). The van der Waals surface area contributed by atoms with Gasteiger partial charge in [-0.05, 0) is 24.3 Å². The number of hydrogen-bond acceptors (Lipinski definition) is 5. The highest BCUT2D eigenvalue weighted by atomic mass is 16.5. The number of para-hydroxylation sites is 3. The van der Waals surface area contributed by atoms with Crippen LogP contribution in [-0.4, -0.2) is 16.7 Å².